The molecular weight excluding hydrogens is 388 g/mol. The van der Waals surface area contributed by atoms with E-state index in [1.807, 2.05) is 42.6 Å². The van der Waals surface area contributed by atoms with Gasteiger partial charge in [0.2, 0.25) is 0 Å². The van der Waals surface area contributed by atoms with Crippen LogP contribution in [0.15, 0.2) is 90.7 Å². The molecule has 30 heavy (non-hydrogen) atoms. The van der Waals surface area contributed by atoms with Gasteiger partial charge in [-0.3, -0.25) is 4.98 Å². The fourth-order valence-corrected chi connectivity index (χ4v) is 4.68. The molecule has 0 fully saturated rings. The van der Waals surface area contributed by atoms with Crippen molar-refractivity contribution in [1.82, 2.24) is 4.98 Å². The lowest BCUT2D eigenvalue weighted by Crippen LogP contribution is -2.22. The van der Waals surface area contributed by atoms with Gasteiger partial charge in [-0.15, -0.1) is 0 Å². The minimum atomic E-state index is 0.189. The van der Waals surface area contributed by atoms with Crippen LogP contribution in [0.3, 0.4) is 0 Å². The SMILES string of the molecule is NC1C=CC2=C(CCc3c2ccc2cc(Cl)ccc32)C1.c1ccc2ncccc2c1. The van der Waals surface area contributed by atoms with Gasteiger partial charge < -0.3 is 5.73 Å². The van der Waals surface area contributed by atoms with E-state index in [-0.39, 0.29) is 6.04 Å². The standard InChI is InChI=1S/C18H16ClN.C9H7N/c19-13-3-7-15-11(9-13)1-5-18-16-8-4-14(20)10-12(16)2-6-17(15)18;1-2-6-9-8(4-1)5-3-7-10-9/h1,3-5,7-9,14H,2,6,10,20H2;1-7H. The summed E-state index contributed by atoms with van der Waals surface area (Å²) < 4.78 is 0. The molecule has 4 aromatic rings. The molecule has 2 aliphatic carbocycles. The number of allylic oxidation sites excluding steroid dienone is 2. The molecule has 0 radical (unpaired) electrons. The van der Waals surface area contributed by atoms with Crippen molar-refractivity contribution < 1.29 is 0 Å². The molecule has 0 aliphatic heterocycles. The lowest BCUT2D eigenvalue weighted by Gasteiger charge is -2.27. The molecule has 1 heterocycles. The fourth-order valence-electron chi connectivity index (χ4n) is 4.50. The summed E-state index contributed by atoms with van der Waals surface area (Å²) in [4.78, 5) is 4.18. The molecule has 1 atom stereocenters. The first-order valence-electron chi connectivity index (χ1n) is 10.4. The molecule has 1 aromatic heterocycles. The van der Waals surface area contributed by atoms with Crippen LogP contribution >= 0.6 is 11.6 Å². The van der Waals surface area contributed by atoms with Crippen molar-refractivity contribution in [2.75, 3.05) is 0 Å². The first kappa shape index (κ1) is 19.0. The normalized spacial score (nSPS) is 17.3. The molecule has 1 unspecified atom stereocenters. The second kappa shape index (κ2) is 8.06. The van der Waals surface area contributed by atoms with E-state index >= 15 is 0 Å². The minimum absolute atomic E-state index is 0.189. The lowest BCUT2D eigenvalue weighted by molar-refractivity contribution is 0.743. The van der Waals surface area contributed by atoms with Crippen molar-refractivity contribution in [1.29, 1.82) is 0 Å². The summed E-state index contributed by atoms with van der Waals surface area (Å²) >= 11 is 6.09. The Kier molecular flexibility index (Phi) is 5.12. The smallest absolute Gasteiger partial charge is 0.0701 e. The number of rotatable bonds is 0. The Labute approximate surface area is 181 Å². The van der Waals surface area contributed by atoms with Gasteiger partial charge in [0.05, 0.1) is 5.52 Å². The molecule has 0 bridgehead atoms. The minimum Gasteiger partial charge on any atom is -0.324 e. The predicted molar refractivity (Wildman–Crippen MR) is 128 cm³/mol. The molecule has 3 aromatic carbocycles. The van der Waals surface area contributed by atoms with E-state index in [2.05, 4.69) is 47.5 Å². The second-order valence-electron chi connectivity index (χ2n) is 7.90. The number of nitrogens with two attached hydrogens (primary N) is 1. The van der Waals surface area contributed by atoms with E-state index in [1.54, 1.807) is 0 Å². The van der Waals surface area contributed by atoms with Gasteiger partial charge >= 0.3 is 0 Å². The Morgan fingerprint density at radius 2 is 1.77 bits per heavy atom. The van der Waals surface area contributed by atoms with Crippen LogP contribution < -0.4 is 5.73 Å². The number of hydrogen-bond donors (Lipinski definition) is 1. The zero-order chi connectivity index (χ0) is 20.5. The highest BCUT2D eigenvalue weighted by Crippen LogP contribution is 2.39. The van der Waals surface area contributed by atoms with Crippen molar-refractivity contribution in [3.8, 4) is 0 Å². The summed E-state index contributed by atoms with van der Waals surface area (Å²) in [7, 11) is 0. The maximum Gasteiger partial charge on any atom is 0.0701 e. The average Bonchev–Trinajstić information content (AvgIpc) is 2.78. The van der Waals surface area contributed by atoms with Gasteiger partial charge in [0.1, 0.15) is 0 Å². The van der Waals surface area contributed by atoms with Crippen LogP contribution in [0.2, 0.25) is 5.02 Å². The third kappa shape index (κ3) is 3.65. The lowest BCUT2D eigenvalue weighted by atomic mass is 9.79. The summed E-state index contributed by atoms with van der Waals surface area (Å²) in [6, 6.07) is 22.9. The molecule has 0 amide bonds. The molecule has 0 spiro atoms. The van der Waals surface area contributed by atoms with Crippen molar-refractivity contribution in [3.63, 3.8) is 0 Å². The molecule has 2 aliphatic rings. The van der Waals surface area contributed by atoms with Crippen molar-refractivity contribution >= 4 is 38.8 Å². The average molecular weight is 411 g/mol. The molecule has 2 N–H and O–H groups in total. The van der Waals surface area contributed by atoms with E-state index < -0.39 is 0 Å². The van der Waals surface area contributed by atoms with Gasteiger partial charge in [-0.2, -0.15) is 0 Å². The van der Waals surface area contributed by atoms with Crippen LogP contribution in [0.25, 0.3) is 27.2 Å². The number of pyridine rings is 1. The highest BCUT2D eigenvalue weighted by molar-refractivity contribution is 6.31. The van der Waals surface area contributed by atoms with E-state index in [0.29, 0.717) is 0 Å². The zero-order valence-corrected chi connectivity index (χ0v) is 17.4. The maximum atomic E-state index is 6.09. The van der Waals surface area contributed by atoms with Gasteiger partial charge in [0.25, 0.3) is 0 Å². The van der Waals surface area contributed by atoms with E-state index in [9.17, 15) is 0 Å². The first-order valence-corrected chi connectivity index (χ1v) is 10.7. The van der Waals surface area contributed by atoms with Gasteiger partial charge in [-0.1, -0.05) is 71.8 Å². The van der Waals surface area contributed by atoms with E-state index in [0.717, 1.165) is 29.8 Å². The molecule has 0 saturated heterocycles. The fraction of sp³-hybridized carbons (Fsp3) is 0.148. The van der Waals surface area contributed by atoms with Crippen LogP contribution in [0.1, 0.15) is 24.0 Å². The third-order valence-electron chi connectivity index (χ3n) is 5.95. The van der Waals surface area contributed by atoms with Crippen LogP contribution in [0.4, 0.5) is 0 Å². The van der Waals surface area contributed by atoms with E-state index in [1.165, 1.54) is 38.4 Å². The number of aryl methyl sites for hydroxylation is 1. The molecule has 148 valence electrons. The number of benzene rings is 3. The molecular formula is C27H23ClN2. The number of halogens is 1. The Balaban J connectivity index is 0.000000161. The largest absolute Gasteiger partial charge is 0.324 e. The van der Waals surface area contributed by atoms with Crippen LogP contribution in [0, 0.1) is 0 Å². The van der Waals surface area contributed by atoms with Crippen LogP contribution in [0.5, 0.6) is 0 Å². The highest BCUT2D eigenvalue weighted by Gasteiger charge is 2.22. The number of para-hydroxylation sites is 1. The third-order valence-corrected chi connectivity index (χ3v) is 6.18. The topological polar surface area (TPSA) is 38.9 Å². The summed E-state index contributed by atoms with van der Waals surface area (Å²) in [6.07, 6.45) is 9.38. The van der Waals surface area contributed by atoms with Gasteiger partial charge in [-0.05, 0) is 71.0 Å². The molecule has 2 nitrogen and oxygen atoms in total. The summed E-state index contributed by atoms with van der Waals surface area (Å²) in [5, 5.41) is 4.57. The summed E-state index contributed by atoms with van der Waals surface area (Å²) in [5.41, 5.74) is 12.8. The Bertz CT molecular complexity index is 1240. The Hall–Kier alpha value is -2.94. The molecule has 0 saturated carbocycles. The van der Waals surface area contributed by atoms with Crippen molar-refractivity contribution in [2.24, 2.45) is 5.73 Å². The molecule has 6 rings (SSSR count). The second-order valence-corrected chi connectivity index (χ2v) is 8.33. The number of aromatic nitrogens is 1. The van der Waals surface area contributed by atoms with Gasteiger partial charge in [0.15, 0.2) is 0 Å². The van der Waals surface area contributed by atoms with Crippen LogP contribution in [-0.2, 0) is 6.42 Å². The number of nitrogens with zero attached hydrogens (tertiary/aromatic N) is 1. The van der Waals surface area contributed by atoms with Crippen molar-refractivity contribution in [3.05, 3.63) is 107 Å². The van der Waals surface area contributed by atoms with E-state index in [4.69, 9.17) is 17.3 Å². The summed E-state index contributed by atoms with van der Waals surface area (Å²) in [6.45, 7) is 0. The maximum absolute atomic E-state index is 6.09. The number of fused-ring (bicyclic) bond motifs is 5. The molecule has 3 heteroatoms. The van der Waals surface area contributed by atoms with Gasteiger partial charge in [-0.25, -0.2) is 0 Å². The quantitative estimate of drug-likeness (QED) is 0.349. The monoisotopic (exact) mass is 410 g/mol. The summed E-state index contributed by atoms with van der Waals surface area (Å²) in [5.74, 6) is 0. The first-order chi connectivity index (χ1) is 14.7. The number of hydrogen-bond acceptors (Lipinski definition) is 2. The Morgan fingerprint density at radius 3 is 2.67 bits per heavy atom. The van der Waals surface area contributed by atoms with Gasteiger partial charge in [0, 0.05) is 22.6 Å². The Morgan fingerprint density at radius 1 is 0.900 bits per heavy atom. The highest BCUT2D eigenvalue weighted by atomic mass is 35.5. The van der Waals surface area contributed by atoms with Crippen LogP contribution in [-0.4, -0.2) is 11.0 Å². The zero-order valence-electron chi connectivity index (χ0n) is 16.7. The van der Waals surface area contributed by atoms with Crippen molar-refractivity contribution in [2.45, 2.75) is 25.3 Å². The predicted octanol–water partition coefficient (Wildman–Crippen LogP) is 6.72.